The van der Waals surface area contributed by atoms with Crippen molar-refractivity contribution >= 4 is 11.6 Å². The van der Waals surface area contributed by atoms with Gasteiger partial charge in [-0.1, -0.05) is 13.0 Å². The van der Waals surface area contributed by atoms with Gasteiger partial charge in [-0.15, -0.1) is 0 Å². The van der Waals surface area contributed by atoms with Gasteiger partial charge in [0.25, 0.3) is 0 Å². The Kier molecular flexibility index (Phi) is 4.52. The third-order valence-corrected chi connectivity index (χ3v) is 5.41. The first-order valence-corrected chi connectivity index (χ1v) is 8.28. The highest BCUT2D eigenvalue weighted by atomic mass is 19.1. The van der Waals surface area contributed by atoms with E-state index >= 15 is 4.39 Å². The molecule has 0 saturated carbocycles. The maximum atomic E-state index is 15.3. The van der Waals surface area contributed by atoms with Crippen LogP contribution in [0.3, 0.4) is 0 Å². The lowest BCUT2D eigenvalue weighted by Crippen LogP contribution is -2.49. The Bertz CT molecular complexity index is 808. The number of fused-ring (bicyclic) bond motifs is 1. The second-order valence-electron chi connectivity index (χ2n) is 6.87. The van der Waals surface area contributed by atoms with Gasteiger partial charge in [-0.05, 0) is 30.7 Å². The van der Waals surface area contributed by atoms with Crippen molar-refractivity contribution in [3.05, 3.63) is 47.6 Å². The summed E-state index contributed by atoms with van der Waals surface area (Å²) in [5.74, 6) is -1.35. The van der Waals surface area contributed by atoms with Gasteiger partial charge in [0.1, 0.15) is 11.4 Å². The Morgan fingerprint density at radius 1 is 1.35 bits per heavy atom. The molecule has 0 bridgehead atoms. The fraction of sp³-hybridized carbons (Fsp3) is 0.421. The normalized spacial score (nSPS) is 27.3. The van der Waals surface area contributed by atoms with Crippen LogP contribution in [0.15, 0.2) is 36.2 Å². The molecule has 1 amide bonds. The van der Waals surface area contributed by atoms with Crippen molar-refractivity contribution in [3.63, 3.8) is 0 Å². The molecule has 0 radical (unpaired) electrons. The van der Waals surface area contributed by atoms with Crippen LogP contribution < -0.4 is 15.4 Å². The molecule has 0 spiro atoms. The van der Waals surface area contributed by atoms with E-state index in [0.29, 0.717) is 17.7 Å². The molecule has 2 aliphatic rings. The predicted molar refractivity (Wildman–Crippen MR) is 94.1 cm³/mol. The molecule has 1 heterocycles. The number of allylic oxidation sites excluding steroid dienone is 3. The summed E-state index contributed by atoms with van der Waals surface area (Å²) in [5, 5.41) is 0. The maximum Gasteiger partial charge on any atom is 0.236 e. The van der Waals surface area contributed by atoms with Crippen LogP contribution in [0.1, 0.15) is 18.9 Å². The number of anilines is 1. The number of hydrogen-bond donors (Lipinski definition) is 1. The lowest BCUT2D eigenvalue weighted by atomic mass is 9.66. The highest BCUT2D eigenvalue weighted by Gasteiger charge is 2.56. The van der Waals surface area contributed by atoms with Crippen molar-refractivity contribution in [1.29, 1.82) is 0 Å². The van der Waals surface area contributed by atoms with Crippen molar-refractivity contribution in [2.45, 2.75) is 18.9 Å². The van der Waals surface area contributed by atoms with Gasteiger partial charge in [-0.25, -0.2) is 8.78 Å². The van der Waals surface area contributed by atoms with Crippen LogP contribution in [0.5, 0.6) is 5.75 Å². The Morgan fingerprint density at radius 3 is 2.62 bits per heavy atom. The maximum absolute atomic E-state index is 15.3. The molecule has 1 aromatic rings. The SMILES string of the molecule is COc1ccc2c(c1F)[C@@](OC)(C1(C)C=CC(F)=CC1)CN2CC(N)=O. The van der Waals surface area contributed by atoms with Crippen LogP contribution in [0.2, 0.25) is 0 Å². The first-order valence-electron chi connectivity index (χ1n) is 8.28. The van der Waals surface area contributed by atoms with E-state index in [9.17, 15) is 9.18 Å². The molecule has 140 valence electrons. The fourth-order valence-corrected chi connectivity index (χ4v) is 3.99. The van der Waals surface area contributed by atoms with Crippen LogP contribution in [-0.2, 0) is 15.1 Å². The summed E-state index contributed by atoms with van der Waals surface area (Å²) in [6.45, 7) is 2.02. The molecule has 1 unspecified atom stereocenters. The molecular formula is C19H22F2N2O3. The molecule has 1 aliphatic heterocycles. The number of carbonyl (C=O) groups is 1. The molecule has 3 rings (SSSR count). The summed E-state index contributed by atoms with van der Waals surface area (Å²) in [4.78, 5) is 13.2. The third-order valence-electron chi connectivity index (χ3n) is 5.41. The van der Waals surface area contributed by atoms with E-state index in [1.54, 1.807) is 17.0 Å². The molecule has 1 aromatic carbocycles. The van der Waals surface area contributed by atoms with E-state index in [1.807, 2.05) is 6.92 Å². The lowest BCUT2D eigenvalue weighted by molar-refractivity contribution is -0.117. The largest absolute Gasteiger partial charge is 0.494 e. The first-order chi connectivity index (χ1) is 12.3. The van der Waals surface area contributed by atoms with E-state index in [2.05, 4.69) is 0 Å². The van der Waals surface area contributed by atoms with Gasteiger partial charge in [0.15, 0.2) is 11.6 Å². The molecule has 0 aromatic heterocycles. The van der Waals surface area contributed by atoms with Gasteiger partial charge in [-0.2, -0.15) is 0 Å². The smallest absolute Gasteiger partial charge is 0.236 e. The summed E-state index contributed by atoms with van der Waals surface area (Å²) in [5.41, 5.74) is 4.32. The molecule has 7 heteroatoms. The number of amides is 1. The quantitative estimate of drug-likeness (QED) is 0.873. The van der Waals surface area contributed by atoms with Crippen molar-refractivity contribution < 1.29 is 23.0 Å². The van der Waals surface area contributed by atoms with Gasteiger partial charge < -0.3 is 20.1 Å². The Hall–Kier alpha value is -2.41. The van der Waals surface area contributed by atoms with E-state index in [-0.39, 0.29) is 24.7 Å². The average molecular weight is 364 g/mol. The number of nitrogens with two attached hydrogens (primary N) is 1. The second kappa shape index (κ2) is 6.39. The van der Waals surface area contributed by atoms with E-state index in [4.69, 9.17) is 15.2 Å². The van der Waals surface area contributed by atoms with Crippen molar-refractivity contribution in [2.24, 2.45) is 11.1 Å². The molecule has 26 heavy (non-hydrogen) atoms. The van der Waals surface area contributed by atoms with Gasteiger partial charge in [0.2, 0.25) is 5.91 Å². The van der Waals surface area contributed by atoms with E-state index in [1.165, 1.54) is 32.4 Å². The van der Waals surface area contributed by atoms with Gasteiger partial charge in [0.05, 0.1) is 20.2 Å². The van der Waals surface area contributed by atoms with Crippen molar-refractivity contribution in [3.8, 4) is 5.75 Å². The molecule has 2 N–H and O–H groups in total. The van der Waals surface area contributed by atoms with Gasteiger partial charge >= 0.3 is 0 Å². The zero-order valence-electron chi connectivity index (χ0n) is 15.0. The van der Waals surface area contributed by atoms with Gasteiger partial charge in [-0.3, -0.25) is 4.79 Å². The van der Waals surface area contributed by atoms with Crippen LogP contribution >= 0.6 is 0 Å². The minimum atomic E-state index is -1.13. The Morgan fingerprint density at radius 2 is 2.08 bits per heavy atom. The van der Waals surface area contributed by atoms with E-state index < -0.39 is 22.7 Å². The number of primary amides is 1. The number of halogens is 2. The summed E-state index contributed by atoms with van der Waals surface area (Å²) in [6.07, 6.45) is 4.83. The number of carbonyl (C=O) groups excluding carboxylic acids is 1. The molecule has 0 saturated heterocycles. The molecular weight excluding hydrogens is 342 g/mol. The van der Waals surface area contributed by atoms with Crippen LogP contribution in [0.4, 0.5) is 14.5 Å². The second-order valence-corrected chi connectivity index (χ2v) is 6.87. The zero-order chi connectivity index (χ0) is 19.1. The highest BCUT2D eigenvalue weighted by Crippen LogP contribution is 2.56. The fourth-order valence-electron chi connectivity index (χ4n) is 3.99. The topological polar surface area (TPSA) is 64.8 Å². The predicted octanol–water partition coefficient (Wildman–Crippen LogP) is 2.80. The Balaban J connectivity index is 2.22. The number of ether oxygens (including phenoxy) is 2. The minimum absolute atomic E-state index is 0.0755. The number of nitrogens with zero attached hydrogens (tertiary/aromatic N) is 1. The number of rotatable bonds is 5. The standard InChI is InChI=1S/C19H22F2N2O3/c1-18(8-6-12(20)7-9-18)19(26-3)11-23(10-15(22)24)13-4-5-14(25-2)17(21)16(13)19/h4-8H,9-11H2,1-3H3,(H2,22,24)/t18?,19-/m1/s1. The molecule has 2 atom stereocenters. The lowest BCUT2D eigenvalue weighted by Gasteiger charge is -2.44. The van der Waals surface area contributed by atoms with Crippen LogP contribution in [0.25, 0.3) is 0 Å². The van der Waals surface area contributed by atoms with E-state index in [0.717, 1.165) is 0 Å². The summed E-state index contributed by atoms with van der Waals surface area (Å²) >= 11 is 0. The van der Waals surface area contributed by atoms with Crippen molar-refractivity contribution in [1.82, 2.24) is 0 Å². The van der Waals surface area contributed by atoms with Crippen LogP contribution in [-0.4, -0.2) is 33.2 Å². The number of methoxy groups -OCH3 is 2. The number of hydrogen-bond acceptors (Lipinski definition) is 4. The zero-order valence-corrected chi connectivity index (χ0v) is 15.0. The summed E-state index contributed by atoms with van der Waals surface area (Å²) < 4.78 is 39.9. The van der Waals surface area contributed by atoms with Crippen molar-refractivity contribution in [2.75, 3.05) is 32.2 Å². The molecule has 0 fully saturated rings. The summed E-state index contributed by atoms with van der Waals surface area (Å²) in [7, 11) is 2.87. The number of benzene rings is 1. The Labute approximate surface area is 151 Å². The first kappa shape index (κ1) is 18.4. The van der Waals surface area contributed by atoms with Gasteiger partial charge in [0, 0.05) is 23.8 Å². The molecule has 5 nitrogen and oxygen atoms in total. The average Bonchev–Trinajstić information content (AvgIpc) is 2.93. The monoisotopic (exact) mass is 364 g/mol. The van der Waals surface area contributed by atoms with Crippen LogP contribution in [0, 0.1) is 11.2 Å². The third kappa shape index (κ3) is 2.58. The summed E-state index contributed by atoms with van der Waals surface area (Å²) in [6, 6.07) is 3.19. The highest BCUT2D eigenvalue weighted by molar-refractivity contribution is 5.81. The molecule has 1 aliphatic carbocycles. The minimum Gasteiger partial charge on any atom is -0.494 e.